The Morgan fingerprint density at radius 1 is 1.50 bits per heavy atom. The molecule has 0 atom stereocenters. The fraction of sp³-hybridized carbons (Fsp3) is 0.308. The molecule has 0 spiro atoms. The minimum absolute atomic E-state index is 0.0876. The number of hydrogen-bond donors (Lipinski definition) is 1. The Bertz CT molecular complexity index is 372. The highest BCUT2D eigenvalue weighted by Gasteiger charge is 1.95. The van der Waals surface area contributed by atoms with Gasteiger partial charge < -0.3 is 10.1 Å². The summed E-state index contributed by atoms with van der Waals surface area (Å²) >= 11 is 0. The van der Waals surface area contributed by atoms with Gasteiger partial charge in [-0.3, -0.25) is 4.79 Å². The smallest absolute Gasteiger partial charge is 0.243 e. The first-order valence-corrected chi connectivity index (χ1v) is 5.32. The van der Waals surface area contributed by atoms with E-state index in [2.05, 4.69) is 5.32 Å². The Hall–Kier alpha value is -1.77. The highest BCUT2D eigenvalue weighted by atomic mass is 16.5. The topological polar surface area (TPSA) is 38.3 Å². The molecule has 1 N–H and O–H groups in total. The van der Waals surface area contributed by atoms with E-state index < -0.39 is 0 Å². The molecule has 0 unspecified atom stereocenters. The molecule has 3 heteroatoms. The summed E-state index contributed by atoms with van der Waals surface area (Å²) in [5.41, 5.74) is 1.16. The summed E-state index contributed by atoms with van der Waals surface area (Å²) in [6, 6.07) is 7.83. The standard InChI is InChI=1S/C13H17NO2/c1-3-5-13(15)14-8-9-16-12-7-4-6-11(2)10-12/h3-7,10H,8-9H2,1-2H3,(H,14,15). The van der Waals surface area contributed by atoms with Gasteiger partial charge in [0.25, 0.3) is 0 Å². The average Bonchev–Trinajstić information content (AvgIpc) is 2.25. The van der Waals surface area contributed by atoms with Crippen molar-refractivity contribution in [3.05, 3.63) is 42.0 Å². The lowest BCUT2D eigenvalue weighted by molar-refractivity contribution is -0.116. The minimum atomic E-state index is -0.0876. The number of carbonyl (C=O) groups excluding carboxylic acids is 1. The van der Waals surface area contributed by atoms with Gasteiger partial charge in [-0.25, -0.2) is 0 Å². The van der Waals surface area contributed by atoms with Crippen LogP contribution in [0, 0.1) is 6.92 Å². The summed E-state index contributed by atoms with van der Waals surface area (Å²) in [5, 5.41) is 2.72. The normalized spacial score (nSPS) is 10.4. The summed E-state index contributed by atoms with van der Waals surface area (Å²) in [5.74, 6) is 0.746. The Morgan fingerprint density at radius 2 is 2.31 bits per heavy atom. The first-order valence-electron chi connectivity index (χ1n) is 5.32. The Morgan fingerprint density at radius 3 is 3.00 bits per heavy atom. The van der Waals surface area contributed by atoms with Crippen molar-refractivity contribution < 1.29 is 9.53 Å². The first kappa shape index (κ1) is 12.3. The molecule has 0 aliphatic heterocycles. The predicted molar refractivity (Wildman–Crippen MR) is 64.5 cm³/mol. The summed E-state index contributed by atoms with van der Waals surface area (Å²) in [6.45, 7) is 4.81. The molecule has 0 aliphatic carbocycles. The first-order chi connectivity index (χ1) is 7.72. The number of ether oxygens (including phenoxy) is 1. The van der Waals surface area contributed by atoms with Gasteiger partial charge in [0.05, 0.1) is 6.54 Å². The SMILES string of the molecule is CC=CC(=O)NCCOc1cccc(C)c1. The Kier molecular flexibility index (Phi) is 5.12. The molecule has 16 heavy (non-hydrogen) atoms. The number of amides is 1. The molecule has 0 aliphatic rings. The monoisotopic (exact) mass is 219 g/mol. The van der Waals surface area contributed by atoms with Crippen LogP contribution >= 0.6 is 0 Å². The molecular weight excluding hydrogens is 202 g/mol. The van der Waals surface area contributed by atoms with Crippen molar-refractivity contribution in [3.8, 4) is 5.75 Å². The van der Waals surface area contributed by atoms with Crippen molar-refractivity contribution >= 4 is 5.91 Å². The number of allylic oxidation sites excluding steroid dienone is 1. The Balaban J connectivity index is 2.23. The van der Waals surface area contributed by atoms with Gasteiger partial charge in [0.2, 0.25) is 5.91 Å². The van der Waals surface area contributed by atoms with E-state index in [0.29, 0.717) is 13.2 Å². The summed E-state index contributed by atoms with van der Waals surface area (Å²) in [7, 11) is 0. The fourth-order valence-corrected chi connectivity index (χ4v) is 1.26. The van der Waals surface area contributed by atoms with E-state index in [4.69, 9.17) is 4.74 Å². The molecule has 0 fully saturated rings. The van der Waals surface area contributed by atoms with Crippen LogP contribution in [0.3, 0.4) is 0 Å². The number of hydrogen-bond acceptors (Lipinski definition) is 2. The van der Waals surface area contributed by atoms with Crippen molar-refractivity contribution in [2.45, 2.75) is 13.8 Å². The van der Waals surface area contributed by atoms with Gasteiger partial charge in [0, 0.05) is 0 Å². The van der Waals surface area contributed by atoms with Crippen LogP contribution in [-0.4, -0.2) is 19.1 Å². The molecule has 1 amide bonds. The van der Waals surface area contributed by atoms with E-state index in [0.717, 1.165) is 11.3 Å². The molecule has 0 bridgehead atoms. The molecule has 0 heterocycles. The highest BCUT2D eigenvalue weighted by molar-refractivity contribution is 5.87. The lowest BCUT2D eigenvalue weighted by atomic mass is 10.2. The molecule has 1 aromatic rings. The highest BCUT2D eigenvalue weighted by Crippen LogP contribution is 2.11. The van der Waals surface area contributed by atoms with Gasteiger partial charge in [-0.2, -0.15) is 0 Å². The number of aryl methyl sites for hydroxylation is 1. The van der Waals surface area contributed by atoms with Gasteiger partial charge in [-0.05, 0) is 37.6 Å². The molecule has 3 nitrogen and oxygen atoms in total. The summed E-state index contributed by atoms with van der Waals surface area (Å²) < 4.78 is 5.48. The maximum atomic E-state index is 11.1. The second-order valence-electron chi connectivity index (χ2n) is 3.46. The zero-order valence-corrected chi connectivity index (χ0v) is 9.69. The molecule has 1 aromatic carbocycles. The number of rotatable bonds is 5. The minimum Gasteiger partial charge on any atom is -0.492 e. The van der Waals surface area contributed by atoms with E-state index in [9.17, 15) is 4.79 Å². The van der Waals surface area contributed by atoms with E-state index >= 15 is 0 Å². The quantitative estimate of drug-likeness (QED) is 0.608. The molecule has 0 saturated carbocycles. The van der Waals surface area contributed by atoms with Gasteiger partial charge in [-0.15, -0.1) is 0 Å². The third-order valence-corrected chi connectivity index (χ3v) is 1.98. The Labute approximate surface area is 96.1 Å². The van der Waals surface area contributed by atoms with Gasteiger partial charge in [-0.1, -0.05) is 18.2 Å². The second kappa shape index (κ2) is 6.67. The van der Waals surface area contributed by atoms with Crippen LogP contribution in [0.4, 0.5) is 0 Å². The van der Waals surface area contributed by atoms with Crippen LogP contribution in [0.2, 0.25) is 0 Å². The third kappa shape index (κ3) is 4.64. The fourth-order valence-electron chi connectivity index (χ4n) is 1.26. The number of benzene rings is 1. The van der Waals surface area contributed by atoms with Crippen LogP contribution in [0.15, 0.2) is 36.4 Å². The lowest BCUT2D eigenvalue weighted by Gasteiger charge is -2.06. The largest absolute Gasteiger partial charge is 0.492 e. The molecule has 0 saturated heterocycles. The zero-order valence-electron chi connectivity index (χ0n) is 9.69. The van der Waals surface area contributed by atoms with Gasteiger partial charge in [0.15, 0.2) is 0 Å². The van der Waals surface area contributed by atoms with Crippen LogP contribution < -0.4 is 10.1 Å². The van der Waals surface area contributed by atoms with Crippen molar-refractivity contribution in [1.82, 2.24) is 5.32 Å². The van der Waals surface area contributed by atoms with Crippen molar-refractivity contribution in [2.75, 3.05) is 13.2 Å². The van der Waals surface area contributed by atoms with Crippen LogP contribution in [0.5, 0.6) is 5.75 Å². The zero-order chi connectivity index (χ0) is 11.8. The third-order valence-electron chi connectivity index (χ3n) is 1.98. The lowest BCUT2D eigenvalue weighted by Crippen LogP contribution is -2.26. The molecule has 86 valence electrons. The number of carbonyl (C=O) groups is 1. The van der Waals surface area contributed by atoms with Crippen LogP contribution in [0.1, 0.15) is 12.5 Å². The average molecular weight is 219 g/mol. The van der Waals surface area contributed by atoms with Crippen LogP contribution in [-0.2, 0) is 4.79 Å². The van der Waals surface area contributed by atoms with Crippen molar-refractivity contribution in [1.29, 1.82) is 0 Å². The van der Waals surface area contributed by atoms with Gasteiger partial charge in [0.1, 0.15) is 12.4 Å². The molecular formula is C13H17NO2. The van der Waals surface area contributed by atoms with Gasteiger partial charge >= 0.3 is 0 Å². The molecule has 1 rings (SSSR count). The van der Waals surface area contributed by atoms with E-state index in [-0.39, 0.29) is 5.91 Å². The predicted octanol–water partition coefficient (Wildman–Crippen LogP) is 2.07. The summed E-state index contributed by atoms with van der Waals surface area (Å²) in [4.78, 5) is 11.1. The maximum Gasteiger partial charge on any atom is 0.243 e. The summed E-state index contributed by atoms with van der Waals surface area (Å²) in [6.07, 6.45) is 3.20. The second-order valence-corrected chi connectivity index (χ2v) is 3.46. The van der Waals surface area contributed by atoms with Crippen LogP contribution in [0.25, 0.3) is 0 Å². The molecule has 0 aromatic heterocycles. The molecule has 0 radical (unpaired) electrons. The van der Waals surface area contributed by atoms with E-state index in [1.54, 1.807) is 6.08 Å². The van der Waals surface area contributed by atoms with Crippen molar-refractivity contribution in [2.24, 2.45) is 0 Å². The van der Waals surface area contributed by atoms with E-state index in [1.807, 2.05) is 38.1 Å². The maximum absolute atomic E-state index is 11.1. The van der Waals surface area contributed by atoms with E-state index in [1.165, 1.54) is 6.08 Å². The number of nitrogens with one attached hydrogen (secondary N) is 1. The van der Waals surface area contributed by atoms with Crippen molar-refractivity contribution in [3.63, 3.8) is 0 Å².